The summed E-state index contributed by atoms with van der Waals surface area (Å²) in [5, 5.41) is 6.78. The van der Waals surface area contributed by atoms with E-state index in [9.17, 15) is 0 Å². The molecule has 5 nitrogen and oxygen atoms in total. The van der Waals surface area contributed by atoms with E-state index in [0.29, 0.717) is 0 Å². The Kier molecular flexibility index (Phi) is 9.18. The molecule has 0 aliphatic carbocycles. The molecule has 2 N–H and O–H groups in total. The summed E-state index contributed by atoms with van der Waals surface area (Å²) >= 11 is 0. The summed E-state index contributed by atoms with van der Waals surface area (Å²) in [6.07, 6.45) is 6.59. The first-order valence-electron chi connectivity index (χ1n) is 9.67. The first-order valence-corrected chi connectivity index (χ1v) is 9.67. The fraction of sp³-hybridized carbons (Fsp3) is 0.304. The Morgan fingerprint density at radius 1 is 0.966 bits per heavy atom. The highest BCUT2D eigenvalue weighted by Gasteiger charge is 2.01. The zero-order valence-corrected chi connectivity index (χ0v) is 19.7. The van der Waals surface area contributed by atoms with Gasteiger partial charge in [0.15, 0.2) is 5.96 Å². The van der Waals surface area contributed by atoms with E-state index >= 15 is 0 Å². The Balaban J connectivity index is 0.00000300. The SMILES string of the molecule is CN=C(NCCc1cc(C)cc(C)c1)NCc1ccc(Cn2ccnc2)cc1.I. The van der Waals surface area contributed by atoms with Crippen LogP contribution in [0.2, 0.25) is 0 Å². The maximum Gasteiger partial charge on any atom is 0.191 e. The first-order chi connectivity index (χ1) is 13.6. The second kappa shape index (κ2) is 11.6. The number of imidazole rings is 1. The smallest absolute Gasteiger partial charge is 0.191 e. The second-order valence-electron chi connectivity index (χ2n) is 7.15. The largest absolute Gasteiger partial charge is 0.356 e. The van der Waals surface area contributed by atoms with Gasteiger partial charge in [-0.1, -0.05) is 53.6 Å². The van der Waals surface area contributed by atoms with Crippen LogP contribution in [0.4, 0.5) is 0 Å². The lowest BCUT2D eigenvalue weighted by Crippen LogP contribution is -2.37. The number of rotatable bonds is 7. The van der Waals surface area contributed by atoms with Crippen molar-refractivity contribution < 1.29 is 0 Å². The molecule has 3 aromatic rings. The number of nitrogens with zero attached hydrogens (tertiary/aromatic N) is 3. The minimum atomic E-state index is 0. The van der Waals surface area contributed by atoms with Crippen molar-refractivity contribution in [1.82, 2.24) is 20.2 Å². The third-order valence-corrected chi connectivity index (χ3v) is 4.62. The third kappa shape index (κ3) is 7.53. The van der Waals surface area contributed by atoms with Gasteiger partial charge < -0.3 is 15.2 Å². The van der Waals surface area contributed by atoms with Gasteiger partial charge in [-0.05, 0) is 37.0 Å². The lowest BCUT2D eigenvalue weighted by molar-refractivity contribution is 0.787. The van der Waals surface area contributed by atoms with Crippen molar-refractivity contribution in [1.29, 1.82) is 0 Å². The molecule has 154 valence electrons. The highest BCUT2D eigenvalue weighted by molar-refractivity contribution is 14.0. The molecule has 0 saturated carbocycles. The molecule has 0 amide bonds. The van der Waals surface area contributed by atoms with Gasteiger partial charge in [0.1, 0.15) is 0 Å². The van der Waals surface area contributed by atoms with E-state index < -0.39 is 0 Å². The van der Waals surface area contributed by atoms with Gasteiger partial charge in [0.05, 0.1) is 6.33 Å². The maximum absolute atomic E-state index is 4.32. The van der Waals surface area contributed by atoms with Crippen molar-refractivity contribution in [3.63, 3.8) is 0 Å². The van der Waals surface area contributed by atoms with Crippen LogP contribution in [0.3, 0.4) is 0 Å². The van der Waals surface area contributed by atoms with Gasteiger partial charge in [-0.15, -0.1) is 24.0 Å². The minimum Gasteiger partial charge on any atom is -0.356 e. The monoisotopic (exact) mass is 503 g/mol. The predicted octanol–water partition coefficient (Wildman–Crippen LogP) is 4.07. The number of aliphatic imine (C=N–C) groups is 1. The van der Waals surface area contributed by atoms with Crippen molar-refractivity contribution in [2.75, 3.05) is 13.6 Å². The zero-order valence-electron chi connectivity index (χ0n) is 17.4. The van der Waals surface area contributed by atoms with Crippen LogP contribution in [0.25, 0.3) is 0 Å². The second-order valence-corrected chi connectivity index (χ2v) is 7.15. The minimum absolute atomic E-state index is 0. The zero-order chi connectivity index (χ0) is 19.8. The van der Waals surface area contributed by atoms with Gasteiger partial charge in [-0.3, -0.25) is 4.99 Å². The topological polar surface area (TPSA) is 54.2 Å². The molecular formula is C23H30IN5. The lowest BCUT2D eigenvalue weighted by Gasteiger charge is -2.13. The summed E-state index contributed by atoms with van der Waals surface area (Å²) in [4.78, 5) is 8.40. The van der Waals surface area contributed by atoms with Crippen LogP contribution in [-0.4, -0.2) is 29.1 Å². The van der Waals surface area contributed by atoms with Gasteiger partial charge in [0.2, 0.25) is 0 Å². The van der Waals surface area contributed by atoms with Crippen molar-refractivity contribution in [3.8, 4) is 0 Å². The Morgan fingerprint density at radius 2 is 1.66 bits per heavy atom. The number of guanidine groups is 1. The molecule has 0 unspecified atom stereocenters. The Bertz CT molecular complexity index is 881. The molecule has 0 aliphatic heterocycles. The Morgan fingerprint density at radius 3 is 2.28 bits per heavy atom. The molecule has 0 fully saturated rings. The van der Waals surface area contributed by atoms with E-state index in [1.54, 1.807) is 13.2 Å². The molecular weight excluding hydrogens is 473 g/mol. The predicted molar refractivity (Wildman–Crippen MR) is 131 cm³/mol. The van der Waals surface area contributed by atoms with Crippen molar-refractivity contribution in [2.24, 2.45) is 4.99 Å². The van der Waals surface area contributed by atoms with Crippen LogP contribution in [0.1, 0.15) is 27.8 Å². The summed E-state index contributed by atoms with van der Waals surface area (Å²) in [6.45, 7) is 6.73. The van der Waals surface area contributed by atoms with E-state index in [1.807, 2.05) is 12.5 Å². The number of nitrogens with one attached hydrogen (secondary N) is 2. The van der Waals surface area contributed by atoms with Crippen LogP contribution in [-0.2, 0) is 19.5 Å². The van der Waals surface area contributed by atoms with Crippen LogP contribution < -0.4 is 10.6 Å². The lowest BCUT2D eigenvalue weighted by atomic mass is 10.1. The summed E-state index contributed by atoms with van der Waals surface area (Å²) in [5.41, 5.74) is 6.47. The highest BCUT2D eigenvalue weighted by Crippen LogP contribution is 2.09. The Labute approximate surface area is 190 Å². The van der Waals surface area contributed by atoms with E-state index in [0.717, 1.165) is 32.0 Å². The number of aryl methyl sites for hydroxylation is 2. The average molecular weight is 503 g/mol. The molecule has 6 heteroatoms. The molecule has 29 heavy (non-hydrogen) atoms. The summed E-state index contributed by atoms with van der Waals surface area (Å²) in [6, 6.07) is 15.3. The fourth-order valence-corrected chi connectivity index (χ4v) is 3.30. The van der Waals surface area contributed by atoms with Gasteiger partial charge in [-0.25, -0.2) is 4.98 Å². The van der Waals surface area contributed by atoms with E-state index in [-0.39, 0.29) is 24.0 Å². The standard InChI is InChI=1S/C23H29N5.HI/c1-18-12-19(2)14-22(13-18)8-9-26-23(24-3)27-15-20-4-6-21(7-5-20)16-28-11-10-25-17-28;/h4-7,10-14,17H,8-9,15-16H2,1-3H3,(H2,24,26,27);1H. The number of hydrogen-bond donors (Lipinski definition) is 2. The average Bonchev–Trinajstić information content (AvgIpc) is 3.18. The van der Waals surface area contributed by atoms with Crippen LogP contribution in [0.15, 0.2) is 66.2 Å². The maximum atomic E-state index is 4.32. The van der Waals surface area contributed by atoms with Gasteiger partial charge in [0, 0.05) is 39.1 Å². The molecule has 2 aromatic carbocycles. The number of hydrogen-bond acceptors (Lipinski definition) is 2. The van der Waals surface area contributed by atoms with Crippen LogP contribution >= 0.6 is 24.0 Å². The molecule has 0 saturated heterocycles. The fourth-order valence-electron chi connectivity index (χ4n) is 3.30. The molecule has 1 aromatic heterocycles. The molecule has 0 atom stereocenters. The van der Waals surface area contributed by atoms with Crippen molar-refractivity contribution in [2.45, 2.75) is 33.4 Å². The van der Waals surface area contributed by atoms with Crippen LogP contribution in [0, 0.1) is 13.8 Å². The summed E-state index contributed by atoms with van der Waals surface area (Å²) in [5.74, 6) is 0.826. The van der Waals surface area contributed by atoms with E-state index in [1.165, 1.54) is 27.8 Å². The first kappa shape index (κ1) is 22.9. The summed E-state index contributed by atoms with van der Waals surface area (Å²) in [7, 11) is 1.81. The highest BCUT2D eigenvalue weighted by atomic mass is 127. The van der Waals surface area contributed by atoms with Crippen LogP contribution in [0.5, 0.6) is 0 Å². The van der Waals surface area contributed by atoms with Crippen molar-refractivity contribution >= 4 is 29.9 Å². The molecule has 3 rings (SSSR count). The summed E-state index contributed by atoms with van der Waals surface area (Å²) < 4.78 is 2.06. The number of aromatic nitrogens is 2. The number of halogens is 1. The normalized spacial score (nSPS) is 11.1. The number of benzene rings is 2. The van der Waals surface area contributed by atoms with Crippen molar-refractivity contribution in [3.05, 3.63) is 89.0 Å². The Hall–Kier alpha value is -2.35. The van der Waals surface area contributed by atoms with Gasteiger partial charge >= 0.3 is 0 Å². The molecule has 1 heterocycles. The molecule has 0 spiro atoms. The van der Waals surface area contributed by atoms with E-state index in [4.69, 9.17) is 0 Å². The quantitative estimate of drug-likeness (QED) is 0.291. The van der Waals surface area contributed by atoms with Gasteiger partial charge in [0.25, 0.3) is 0 Å². The molecule has 0 bridgehead atoms. The molecule has 0 aliphatic rings. The van der Waals surface area contributed by atoms with Gasteiger partial charge in [-0.2, -0.15) is 0 Å². The van der Waals surface area contributed by atoms with E-state index in [2.05, 4.69) is 81.5 Å². The molecule has 0 radical (unpaired) electrons. The third-order valence-electron chi connectivity index (χ3n) is 4.62.